The molecule has 0 spiro atoms. The van der Waals surface area contributed by atoms with Gasteiger partial charge in [-0.25, -0.2) is 0 Å². The first-order valence-electron chi connectivity index (χ1n) is 5.32. The summed E-state index contributed by atoms with van der Waals surface area (Å²) in [5.41, 5.74) is 0. The lowest BCUT2D eigenvalue weighted by atomic mass is 9.80. The van der Waals surface area contributed by atoms with Gasteiger partial charge in [-0.3, -0.25) is 0 Å². The lowest BCUT2D eigenvalue weighted by Crippen LogP contribution is -2.45. The smallest absolute Gasteiger partial charge is 0.000569 e. The van der Waals surface area contributed by atoms with E-state index in [0.29, 0.717) is 0 Å². The van der Waals surface area contributed by atoms with Crippen LogP contribution in [0.4, 0.5) is 0 Å². The summed E-state index contributed by atoms with van der Waals surface area (Å²) in [6, 6.07) is 0. The zero-order chi connectivity index (χ0) is 9.14. The molecule has 1 N–H and O–H groups in total. The van der Waals surface area contributed by atoms with E-state index in [1.54, 1.807) is 0 Å². The van der Waals surface area contributed by atoms with E-state index in [-0.39, 0.29) is 0 Å². The fourth-order valence-corrected chi connectivity index (χ4v) is 1.76. The SMILES string of the molecule is CC(C)C(C)CC(C)C1CNC1. The zero-order valence-electron chi connectivity index (χ0n) is 8.93. The van der Waals surface area contributed by atoms with Crippen LogP contribution < -0.4 is 5.32 Å². The minimum atomic E-state index is 0.848. The Balaban J connectivity index is 2.20. The van der Waals surface area contributed by atoms with Gasteiger partial charge in [0.1, 0.15) is 0 Å². The Morgan fingerprint density at radius 2 is 1.75 bits per heavy atom. The van der Waals surface area contributed by atoms with Crippen LogP contribution in [0, 0.1) is 23.7 Å². The fourth-order valence-electron chi connectivity index (χ4n) is 1.76. The Bertz CT molecular complexity index is 127. The molecule has 0 aromatic heterocycles. The molecule has 72 valence electrons. The van der Waals surface area contributed by atoms with Gasteiger partial charge in [-0.15, -0.1) is 0 Å². The third kappa shape index (κ3) is 2.48. The van der Waals surface area contributed by atoms with Gasteiger partial charge >= 0.3 is 0 Å². The molecular weight excluding hydrogens is 146 g/mol. The topological polar surface area (TPSA) is 12.0 Å². The summed E-state index contributed by atoms with van der Waals surface area (Å²) in [6.45, 7) is 12.0. The van der Waals surface area contributed by atoms with Gasteiger partial charge in [-0.05, 0) is 43.2 Å². The molecule has 12 heavy (non-hydrogen) atoms. The van der Waals surface area contributed by atoms with Gasteiger partial charge in [0.05, 0.1) is 0 Å². The second-order valence-corrected chi connectivity index (χ2v) is 4.85. The summed E-state index contributed by atoms with van der Waals surface area (Å²) >= 11 is 0. The maximum Gasteiger partial charge on any atom is -0.000569 e. The maximum atomic E-state index is 3.34. The summed E-state index contributed by atoms with van der Waals surface area (Å²) in [5.74, 6) is 3.62. The van der Waals surface area contributed by atoms with Crippen molar-refractivity contribution in [3.8, 4) is 0 Å². The number of nitrogens with one attached hydrogen (secondary N) is 1. The van der Waals surface area contributed by atoms with Crippen molar-refractivity contribution in [2.45, 2.75) is 34.1 Å². The molecule has 0 aliphatic carbocycles. The van der Waals surface area contributed by atoms with E-state index in [1.807, 2.05) is 0 Å². The molecule has 1 aliphatic heterocycles. The van der Waals surface area contributed by atoms with E-state index >= 15 is 0 Å². The van der Waals surface area contributed by atoms with Gasteiger partial charge in [0, 0.05) is 0 Å². The molecule has 0 bridgehead atoms. The van der Waals surface area contributed by atoms with Crippen LogP contribution in [-0.2, 0) is 0 Å². The highest BCUT2D eigenvalue weighted by molar-refractivity contribution is 4.80. The Hall–Kier alpha value is -0.0400. The highest BCUT2D eigenvalue weighted by Gasteiger charge is 2.25. The predicted octanol–water partition coefficient (Wildman–Crippen LogP) is 2.52. The Labute approximate surface area is 76.9 Å². The van der Waals surface area contributed by atoms with Crippen LogP contribution in [-0.4, -0.2) is 13.1 Å². The first-order valence-corrected chi connectivity index (χ1v) is 5.32. The second kappa shape index (κ2) is 4.27. The van der Waals surface area contributed by atoms with Crippen molar-refractivity contribution in [1.29, 1.82) is 0 Å². The van der Waals surface area contributed by atoms with Gasteiger partial charge in [0.25, 0.3) is 0 Å². The summed E-state index contributed by atoms with van der Waals surface area (Å²) in [7, 11) is 0. The molecule has 0 radical (unpaired) electrons. The minimum absolute atomic E-state index is 0.848. The Kier molecular flexibility index (Phi) is 3.57. The first kappa shape index (κ1) is 10.0. The van der Waals surface area contributed by atoms with Crippen LogP contribution in [0.1, 0.15) is 34.1 Å². The largest absolute Gasteiger partial charge is 0.316 e. The predicted molar refractivity (Wildman–Crippen MR) is 54.1 cm³/mol. The third-order valence-electron chi connectivity index (χ3n) is 3.50. The van der Waals surface area contributed by atoms with Gasteiger partial charge in [0.15, 0.2) is 0 Å². The molecule has 1 saturated heterocycles. The average molecular weight is 169 g/mol. The van der Waals surface area contributed by atoms with Crippen molar-refractivity contribution in [1.82, 2.24) is 5.32 Å². The molecule has 0 aromatic carbocycles. The second-order valence-electron chi connectivity index (χ2n) is 4.85. The number of hydrogen-bond acceptors (Lipinski definition) is 1. The zero-order valence-corrected chi connectivity index (χ0v) is 8.93. The van der Waals surface area contributed by atoms with Crippen molar-refractivity contribution in [2.75, 3.05) is 13.1 Å². The van der Waals surface area contributed by atoms with Crippen molar-refractivity contribution < 1.29 is 0 Å². The van der Waals surface area contributed by atoms with Gasteiger partial charge in [-0.1, -0.05) is 27.7 Å². The maximum absolute atomic E-state index is 3.34. The van der Waals surface area contributed by atoms with E-state index < -0.39 is 0 Å². The quantitative estimate of drug-likeness (QED) is 0.682. The van der Waals surface area contributed by atoms with Gasteiger partial charge in [0.2, 0.25) is 0 Å². The van der Waals surface area contributed by atoms with Crippen LogP contribution in [0.15, 0.2) is 0 Å². The molecule has 1 rings (SSSR count). The summed E-state index contributed by atoms with van der Waals surface area (Å²) in [4.78, 5) is 0. The molecule has 1 fully saturated rings. The Morgan fingerprint density at radius 3 is 2.08 bits per heavy atom. The minimum Gasteiger partial charge on any atom is -0.316 e. The van der Waals surface area contributed by atoms with Crippen molar-refractivity contribution in [3.05, 3.63) is 0 Å². The van der Waals surface area contributed by atoms with Crippen molar-refractivity contribution in [2.24, 2.45) is 23.7 Å². The van der Waals surface area contributed by atoms with Crippen molar-refractivity contribution in [3.63, 3.8) is 0 Å². The van der Waals surface area contributed by atoms with Crippen LogP contribution in [0.25, 0.3) is 0 Å². The third-order valence-corrected chi connectivity index (χ3v) is 3.50. The molecule has 2 unspecified atom stereocenters. The van der Waals surface area contributed by atoms with Crippen LogP contribution in [0.2, 0.25) is 0 Å². The van der Waals surface area contributed by atoms with Gasteiger partial charge < -0.3 is 5.32 Å². The lowest BCUT2D eigenvalue weighted by molar-refractivity contribution is 0.200. The summed E-state index contributed by atoms with van der Waals surface area (Å²) < 4.78 is 0. The van der Waals surface area contributed by atoms with E-state index in [4.69, 9.17) is 0 Å². The van der Waals surface area contributed by atoms with Crippen molar-refractivity contribution >= 4 is 0 Å². The number of rotatable bonds is 4. The molecule has 1 aliphatic rings. The van der Waals surface area contributed by atoms with Crippen LogP contribution >= 0.6 is 0 Å². The van der Waals surface area contributed by atoms with Crippen LogP contribution in [0.5, 0.6) is 0 Å². The summed E-state index contributed by atoms with van der Waals surface area (Å²) in [5, 5.41) is 3.34. The monoisotopic (exact) mass is 169 g/mol. The van der Waals surface area contributed by atoms with E-state index in [0.717, 1.165) is 23.7 Å². The van der Waals surface area contributed by atoms with Crippen LogP contribution in [0.3, 0.4) is 0 Å². The van der Waals surface area contributed by atoms with E-state index in [2.05, 4.69) is 33.0 Å². The summed E-state index contributed by atoms with van der Waals surface area (Å²) in [6.07, 6.45) is 1.41. The molecule has 1 nitrogen and oxygen atoms in total. The fraction of sp³-hybridized carbons (Fsp3) is 1.00. The molecule has 0 amide bonds. The normalized spacial score (nSPS) is 23.8. The first-order chi connectivity index (χ1) is 5.61. The Morgan fingerprint density at radius 1 is 1.17 bits per heavy atom. The van der Waals surface area contributed by atoms with Gasteiger partial charge in [-0.2, -0.15) is 0 Å². The molecule has 0 saturated carbocycles. The molecule has 1 heteroatoms. The van der Waals surface area contributed by atoms with E-state index in [1.165, 1.54) is 19.5 Å². The van der Waals surface area contributed by atoms with E-state index in [9.17, 15) is 0 Å². The molecule has 0 aromatic rings. The molecule has 1 heterocycles. The highest BCUT2D eigenvalue weighted by Crippen LogP contribution is 2.26. The lowest BCUT2D eigenvalue weighted by Gasteiger charge is -2.34. The average Bonchev–Trinajstić information content (AvgIpc) is 1.82. The standard InChI is InChI=1S/C11H23N/c1-8(2)9(3)5-10(4)11-6-12-7-11/h8-12H,5-7H2,1-4H3. The molecular formula is C11H23N. The molecule has 2 atom stereocenters. The number of hydrogen-bond donors (Lipinski definition) is 1. The highest BCUT2D eigenvalue weighted by atomic mass is 14.9.